The number of hydrogen-bond donors (Lipinski definition) is 0. The summed E-state index contributed by atoms with van der Waals surface area (Å²) in [6, 6.07) is 3.34. The normalized spacial score (nSPS) is 15.8. The Balaban J connectivity index is 2.22. The van der Waals surface area contributed by atoms with Crippen molar-refractivity contribution in [3.8, 4) is 5.75 Å². The van der Waals surface area contributed by atoms with Crippen LogP contribution in [-0.2, 0) is 0 Å². The lowest BCUT2D eigenvalue weighted by Gasteiger charge is -2.47. The summed E-state index contributed by atoms with van der Waals surface area (Å²) in [7, 11) is 0. The van der Waals surface area contributed by atoms with Crippen LogP contribution in [-0.4, -0.2) is 35.2 Å². The third-order valence-corrected chi connectivity index (χ3v) is 6.26. The molecule has 3 nitrogen and oxygen atoms in total. The van der Waals surface area contributed by atoms with Crippen molar-refractivity contribution < 1.29 is 4.74 Å². The molecule has 0 amide bonds. The zero-order chi connectivity index (χ0) is 21.4. The molecule has 0 unspecified atom stereocenters. The number of ether oxygens (including phenoxy) is 1. The van der Waals surface area contributed by atoms with Crippen LogP contribution in [0.3, 0.4) is 0 Å². The van der Waals surface area contributed by atoms with Crippen LogP contribution >= 0.6 is 34.8 Å². The predicted molar refractivity (Wildman–Crippen MR) is 126 cm³/mol. The summed E-state index contributed by atoms with van der Waals surface area (Å²) < 4.78 is 6.01. The highest BCUT2D eigenvalue weighted by molar-refractivity contribution is 6.40. The predicted octanol–water partition coefficient (Wildman–Crippen LogP) is 7.99. The number of hydrogen-bond acceptors (Lipinski definition) is 3. The van der Waals surface area contributed by atoms with Crippen LogP contribution in [0.2, 0.25) is 15.1 Å². The molecule has 2 rings (SSSR count). The van der Waals surface area contributed by atoms with E-state index < -0.39 is 0 Å². The summed E-state index contributed by atoms with van der Waals surface area (Å²) in [5, 5.41) is 1.42. The van der Waals surface area contributed by atoms with Crippen LogP contribution in [0.25, 0.3) is 0 Å². The van der Waals surface area contributed by atoms with E-state index in [9.17, 15) is 0 Å². The Morgan fingerprint density at radius 3 is 2.00 bits per heavy atom. The van der Waals surface area contributed by atoms with Gasteiger partial charge in [-0.1, -0.05) is 81.8 Å². The number of nitrogens with zero attached hydrogens (tertiary/aromatic N) is 2. The Morgan fingerprint density at radius 1 is 0.862 bits per heavy atom. The van der Waals surface area contributed by atoms with Gasteiger partial charge < -0.3 is 14.5 Å². The molecule has 164 valence electrons. The van der Waals surface area contributed by atoms with Crippen molar-refractivity contribution in [2.24, 2.45) is 0 Å². The standard InChI is InChI=1S/C23H35Cl3N2O/c1-5-9-19-17-27(23(10-6-2,11-7-3)28(19)12-8-4)13-14-29-22-20(25)15-18(24)16-21(22)26/h15-17H,5-14H2,1-4H3. The van der Waals surface area contributed by atoms with Crippen LogP contribution in [0.5, 0.6) is 5.75 Å². The van der Waals surface area contributed by atoms with Crippen molar-refractivity contribution in [3.63, 3.8) is 0 Å². The zero-order valence-electron chi connectivity index (χ0n) is 18.2. The van der Waals surface area contributed by atoms with Crippen molar-refractivity contribution in [2.45, 2.75) is 78.3 Å². The van der Waals surface area contributed by atoms with Crippen LogP contribution in [0.1, 0.15) is 72.6 Å². The average Bonchev–Trinajstić information content (AvgIpc) is 2.92. The second kappa shape index (κ2) is 11.6. The second-order valence-electron chi connectivity index (χ2n) is 7.74. The molecule has 1 aromatic rings. The molecule has 0 radical (unpaired) electrons. The van der Waals surface area contributed by atoms with Crippen molar-refractivity contribution in [2.75, 3.05) is 19.7 Å². The summed E-state index contributed by atoms with van der Waals surface area (Å²) in [4.78, 5) is 5.18. The molecule has 0 spiro atoms. The molecular weight excluding hydrogens is 427 g/mol. The monoisotopic (exact) mass is 460 g/mol. The smallest absolute Gasteiger partial charge is 0.156 e. The first-order valence-corrected chi connectivity index (χ1v) is 12.1. The molecule has 0 saturated heterocycles. The van der Waals surface area contributed by atoms with E-state index in [1.54, 1.807) is 12.1 Å². The van der Waals surface area contributed by atoms with Crippen molar-refractivity contribution in [3.05, 3.63) is 39.1 Å². The molecule has 29 heavy (non-hydrogen) atoms. The van der Waals surface area contributed by atoms with Crippen molar-refractivity contribution in [1.82, 2.24) is 9.80 Å². The maximum atomic E-state index is 6.29. The molecule has 0 aromatic heterocycles. The highest BCUT2D eigenvalue weighted by Gasteiger charge is 2.44. The molecule has 0 N–H and O–H groups in total. The van der Waals surface area contributed by atoms with E-state index in [2.05, 4.69) is 43.7 Å². The van der Waals surface area contributed by atoms with Gasteiger partial charge in [-0.3, -0.25) is 0 Å². The third-order valence-electron chi connectivity index (χ3n) is 5.48. The Hall–Kier alpha value is -0.770. The van der Waals surface area contributed by atoms with Gasteiger partial charge in [0.05, 0.1) is 16.6 Å². The van der Waals surface area contributed by atoms with Gasteiger partial charge in [-0.25, -0.2) is 0 Å². The second-order valence-corrected chi connectivity index (χ2v) is 9.00. The van der Waals surface area contributed by atoms with E-state index in [1.165, 1.54) is 5.70 Å². The maximum absolute atomic E-state index is 6.29. The summed E-state index contributed by atoms with van der Waals surface area (Å²) in [5.41, 5.74) is 1.50. The van der Waals surface area contributed by atoms with Gasteiger partial charge in [0.15, 0.2) is 5.75 Å². The Bertz CT molecular complexity index is 664. The fraction of sp³-hybridized carbons (Fsp3) is 0.652. The van der Waals surface area contributed by atoms with E-state index in [0.717, 1.165) is 58.0 Å². The van der Waals surface area contributed by atoms with Gasteiger partial charge in [0.2, 0.25) is 0 Å². The minimum absolute atomic E-state index is 0.0426. The number of halogens is 3. The average molecular weight is 462 g/mol. The Morgan fingerprint density at radius 2 is 1.48 bits per heavy atom. The minimum atomic E-state index is 0.0426. The Labute approximate surface area is 191 Å². The lowest BCUT2D eigenvalue weighted by molar-refractivity contribution is -0.00429. The number of benzene rings is 1. The minimum Gasteiger partial charge on any atom is -0.489 e. The SMILES string of the molecule is CCCC1=CN(CCOc2c(Cl)cc(Cl)cc2Cl)C(CCC)(CCC)N1CCC. The fourth-order valence-electron chi connectivity index (χ4n) is 4.49. The van der Waals surface area contributed by atoms with Gasteiger partial charge in [-0.05, 0) is 37.8 Å². The van der Waals surface area contributed by atoms with E-state index in [4.69, 9.17) is 39.5 Å². The molecule has 0 bridgehead atoms. The van der Waals surface area contributed by atoms with E-state index in [0.29, 0.717) is 27.4 Å². The topological polar surface area (TPSA) is 15.7 Å². The largest absolute Gasteiger partial charge is 0.489 e. The first kappa shape index (κ1) is 24.5. The van der Waals surface area contributed by atoms with Gasteiger partial charge in [0.1, 0.15) is 12.3 Å². The van der Waals surface area contributed by atoms with Crippen molar-refractivity contribution >= 4 is 34.8 Å². The van der Waals surface area contributed by atoms with E-state index >= 15 is 0 Å². The van der Waals surface area contributed by atoms with Gasteiger partial charge in [-0.2, -0.15) is 0 Å². The first-order valence-electron chi connectivity index (χ1n) is 11.0. The summed E-state index contributed by atoms with van der Waals surface area (Å²) >= 11 is 18.6. The van der Waals surface area contributed by atoms with Crippen LogP contribution < -0.4 is 4.74 Å². The van der Waals surface area contributed by atoms with E-state index in [1.807, 2.05) is 0 Å². The van der Waals surface area contributed by atoms with Crippen LogP contribution in [0.4, 0.5) is 0 Å². The Kier molecular flexibility index (Phi) is 9.78. The van der Waals surface area contributed by atoms with E-state index in [-0.39, 0.29) is 5.66 Å². The highest BCUT2D eigenvalue weighted by atomic mass is 35.5. The first-order chi connectivity index (χ1) is 13.9. The highest BCUT2D eigenvalue weighted by Crippen LogP contribution is 2.41. The molecular formula is C23H35Cl3N2O. The molecule has 0 fully saturated rings. The van der Waals surface area contributed by atoms with Gasteiger partial charge in [0, 0.05) is 23.5 Å². The van der Waals surface area contributed by atoms with Crippen LogP contribution in [0.15, 0.2) is 24.0 Å². The number of rotatable bonds is 12. The maximum Gasteiger partial charge on any atom is 0.156 e. The van der Waals surface area contributed by atoms with Crippen molar-refractivity contribution in [1.29, 1.82) is 0 Å². The van der Waals surface area contributed by atoms with Crippen LogP contribution in [0, 0.1) is 0 Å². The summed E-state index contributed by atoms with van der Waals surface area (Å²) in [6.07, 6.45) is 10.4. The summed E-state index contributed by atoms with van der Waals surface area (Å²) in [6.45, 7) is 11.5. The lowest BCUT2D eigenvalue weighted by atomic mass is 9.94. The lowest BCUT2D eigenvalue weighted by Crippen LogP contribution is -2.55. The molecule has 0 atom stereocenters. The number of allylic oxidation sites excluding steroid dienone is 1. The molecule has 1 heterocycles. The fourth-order valence-corrected chi connectivity index (χ4v) is 5.42. The molecule has 0 saturated carbocycles. The van der Waals surface area contributed by atoms with Gasteiger partial charge in [-0.15, -0.1) is 0 Å². The zero-order valence-corrected chi connectivity index (χ0v) is 20.5. The third kappa shape index (κ3) is 5.68. The molecule has 1 aromatic carbocycles. The van der Waals surface area contributed by atoms with Gasteiger partial charge in [0.25, 0.3) is 0 Å². The molecule has 1 aliphatic heterocycles. The van der Waals surface area contributed by atoms with Gasteiger partial charge >= 0.3 is 0 Å². The molecule has 1 aliphatic rings. The quantitative estimate of drug-likeness (QED) is 0.313. The summed E-state index contributed by atoms with van der Waals surface area (Å²) in [5.74, 6) is 0.511. The molecule has 0 aliphatic carbocycles. The molecule has 6 heteroatoms.